The van der Waals surface area contributed by atoms with E-state index in [9.17, 15) is 77.0 Å². The Hall–Kier alpha value is -13.7. The highest BCUT2D eigenvalue weighted by Gasteiger charge is 2.35. The van der Waals surface area contributed by atoms with Gasteiger partial charge in [-0.15, -0.1) is 0 Å². The van der Waals surface area contributed by atoms with Crippen molar-refractivity contribution >= 4 is 158 Å². The van der Waals surface area contributed by atoms with Gasteiger partial charge in [-0.25, -0.2) is 41.9 Å². The molecule has 0 aliphatic rings. The van der Waals surface area contributed by atoms with Gasteiger partial charge in [0.2, 0.25) is 60.7 Å². The maximum Gasteiger partial charge on any atom is 0.348 e. The van der Waals surface area contributed by atoms with Crippen LogP contribution in [-0.2, 0) is 28.4 Å². The predicted molar refractivity (Wildman–Crippen MR) is 458 cm³/mol. The lowest BCUT2D eigenvalue weighted by Gasteiger charge is -2.08. The third kappa shape index (κ3) is 20.9. The molecule has 0 aliphatic heterocycles. The van der Waals surface area contributed by atoms with Crippen molar-refractivity contribution in [1.82, 2.24) is 0 Å². The highest BCUT2D eigenvalue weighted by Crippen LogP contribution is 2.39. The number of rotatable bonds is 12. The van der Waals surface area contributed by atoms with Gasteiger partial charge in [0.05, 0.1) is 66.2 Å². The van der Waals surface area contributed by atoms with Crippen LogP contribution in [0, 0.1) is 23.3 Å². The van der Waals surface area contributed by atoms with Gasteiger partial charge in [0.1, 0.15) is 33.2 Å². The first-order valence-electron chi connectivity index (χ1n) is 39.3. The van der Waals surface area contributed by atoms with E-state index < -0.39 is 64.8 Å². The number of benzene rings is 6. The molecule has 0 fully saturated rings. The normalized spacial score (nSPS) is 10.5. The number of aromatic nitrogens is 6. The molecule has 0 amide bonds. The molecule has 18 rings (SSSR count). The zero-order valence-electron chi connectivity index (χ0n) is 70.3. The van der Waals surface area contributed by atoms with Crippen LogP contribution in [0.5, 0.6) is 34.5 Å². The van der Waals surface area contributed by atoms with Crippen molar-refractivity contribution in [2.75, 3.05) is 39.6 Å². The summed E-state index contributed by atoms with van der Waals surface area (Å²) < 4.78 is 95.4. The van der Waals surface area contributed by atoms with Crippen molar-refractivity contribution in [2.45, 2.75) is 41.5 Å². The Morgan fingerprint density at radius 2 is 0.538 bits per heavy atom. The fourth-order valence-corrected chi connectivity index (χ4v) is 15.2. The van der Waals surface area contributed by atoms with Gasteiger partial charge in [-0.1, -0.05) is 47.5 Å². The van der Waals surface area contributed by atoms with E-state index in [1.165, 1.54) is 52.9 Å². The quantitative estimate of drug-likeness (QED) is 0.0271. The molecule has 0 radical (unpaired) electrons. The summed E-state index contributed by atoms with van der Waals surface area (Å²) in [7, 11) is 0. The smallest absolute Gasteiger partial charge is 0.348 e. The van der Waals surface area contributed by atoms with Crippen LogP contribution in [-0.4, -0.2) is 106 Å². The number of fused-ring (bicyclic) bond motifs is 18. The molecule has 12 aromatic heterocycles. The Kier molecular flexibility index (Phi) is 37.3. The fourth-order valence-electron chi connectivity index (χ4n) is 14.7. The standard InChI is InChI=1S/2C16H12ClNO3.4C16H12FNO3.6ClH/c1-2-21-16(20)13-12-8-3-4-9-18(12)14-10(15(13)19)6-5-7-11(14)17;1-2-21-16(20)14-12-7-3-4-9-18(12)11-8-5-6-10(17)13(11)15(14)19;1-2-21-16(20)13-12-8-3-4-9-18(12)14-10(15(13)19)6-5-7-11(14)17;1-2-21-16(20)14-12-7-3-4-9-18(12)11-8-5-6-10(17)13(11)15(14)19;1-2-21-16(20)14-13-5-3-4-8-18(13)12-7-6-10(17)9-11(12)15(14)19;1-2-21-16(20)14-12-5-3-4-8-18(12)13-9-10(17)6-7-11(13)15(14)19;;;;;;/h6*3-9H,2H2,1H3;6*1H. The summed E-state index contributed by atoms with van der Waals surface area (Å²) in [4.78, 5) is 72.8. The molecular formula is C96H78Cl8F4N6O18. The summed E-state index contributed by atoms with van der Waals surface area (Å²) in [5.41, 5.74) is 6.52. The Labute approximate surface area is 796 Å². The molecule has 0 aliphatic carbocycles. The van der Waals surface area contributed by atoms with Gasteiger partial charge in [-0.2, -0.15) is 30.8 Å². The SMILES string of the molecule is CCOC(=O)c1c(O)c2c(Cl)cccc2[n+]2ccccc12.CCOC(=O)c1c(O)c2c(F)cccc2[n+]2ccccc12.CCOC(=O)c1c(O)c2cc(F)ccc2[n+]2ccccc12.CCOC(=O)c1c(O)c2ccc(F)cc2[n+]2ccccc12.CCOC(=O)c1c(O)c2cccc(Cl)c2[n+]2ccccc12.CCOC(=O)c1c(O)c2cccc(F)c2[n+]2ccccc12.[Cl-].[Cl-].[Cl-].[Cl-].[Cl-].[Cl-]. The maximum atomic E-state index is 14.1. The minimum Gasteiger partial charge on any atom is -1.00 e. The number of aromatic hydroxyl groups is 6. The Balaban J connectivity index is 0.000000214. The Bertz CT molecular complexity index is 7060. The van der Waals surface area contributed by atoms with E-state index in [0.717, 1.165) is 5.52 Å². The molecule has 0 bridgehead atoms. The molecule has 132 heavy (non-hydrogen) atoms. The van der Waals surface area contributed by atoms with Gasteiger partial charge in [-0.3, -0.25) is 0 Å². The zero-order valence-corrected chi connectivity index (χ0v) is 76.3. The average Bonchev–Trinajstić information content (AvgIpc) is 0.805. The van der Waals surface area contributed by atoms with Crippen LogP contribution >= 0.6 is 23.2 Å². The van der Waals surface area contributed by atoms with E-state index >= 15 is 0 Å². The van der Waals surface area contributed by atoms with Crippen LogP contribution in [0.1, 0.15) is 104 Å². The number of hydrogen-bond donors (Lipinski definition) is 6. The second kappa shape index (κ2) is 46.7. The largest absolute Gasteiger partial charge is 1.00 e. The number of carbonyl (C=O) groups excluding carboxylic acids is 6. The minimum atomic E-state index is -0.677. The molecule has 0 saturated heterocycles. The molecule has 6 N–H and O–H groups in total. The van der Waals surface area contributed by atoms with Crippen LogP contribution in [0.3, 0.4) is 0 Å². The van der Waals surface area contributed by atoms with E-state index in [1.807, 2.05) is 28.8 Å². The summed E-state index contributed by atoms with van der Waals surface area (Å²) in [6, 6.07) is 58.9. The number of halogens is 12. The molecule has 12 heterocycles. The molecule has 6 aromatic carbocycles. The van der Waals surface area contributed by atoms with E-state index in [4.69, 9.17) is 51.6 Å². The van der Waals surface area contributed by atoms with Gasteiger partial charge in [-0.05, 0) is 139 Å². The average molecular weight is 1960 g/mol. The van der Waals surface area contributed by atoms with Crippen LogP contribution < -0.4 is 101 Å². The van der Waals surface area contributed by atoms with E-state index in [-0.39, 0.29) is 198 Å². The van der Waals surface area contributed by atoms with Crippen LogP contribution in [0.25, 0.3) is 98.5 Å². The van der Waals surface area contributed by atoms with Crippen molar-refractivity contribution < 1.29 is 206 Å². The fraction of sp³-hybridized carbons (Fsp3) is 0.125. The number of esters is 6. The molecule has 36 heteroatoms. The summed E-state index contributed by atoms with van der Waals surface area (Å²) in [6.45, 7) is 11.4. The summed E-state index contributed by atoms with van der Waals surface area (Å²) in [5.74, 6) is -7.03. The van der Waals surface area contributed by atoms with Crippen molar-refractivity contribution in [3.8, 4) is 34.5 Å². The van der Waals surface area contributed by atoms with E-state index in [2.05, 4.69) is 0 Å². The lowest BCUT2D eigenvalue weighted by molar-refractivity contribution is -0.483. The molecule has 0 unspecified atom stereocenters. The van der Waals surface area contributed by atoms with Crippen molar-refractivity contribution in [2.24, 2.45) is 0 Å². The maximum absolute atomic E-state index is 14.1. The Morgan fingerprint density at radius 3 is 0.955 bits per heavy atom. The molecule has 0 spiro atoms. The number of para-hydroxylation sites is 2. The second-order valence-electron chi connectivity index (χ2n) is 27.3. The van der Waals surface area contributed by atoms with Gasteiger partial charge in [0.25, 0.3) is 5.52 Å². The van der Waals surface area contributed by atoms with Crippen LogP contribution in [0.4, 0.5) is 17.6 Å². The van der Waals surface area contributed by atoms with Crippen LogP contribution in [0.15, 0.2) is 256 Å². The number of hydrogen-bond acceptors (Lipinski definition) is 18. The predicted octanol–water partition coefficient (Wildman–Crippen LogP) is -1.35. The molecule has 24 nitrogen and oxygen atoms in total. The third-order valence-electron chi connectivity index (χ3n) is 19.9. The van der Waals surface area contributed by atoms with E-state index in [1.54, 1.807) is 242 Å². The number of carbonyl (C=O) groups is 6. The Morgan fingerprint density at radius 1 is 0.258 bits per heavy atom. The highest BCUT2D eigenvalue weighted by molar-refractivity contribution is 6.36. The van der Waals surface area contributed by atoms with Gasteiger partial charge >= 0.3 is 35.8 Å². The number of ether oxygens (including phenoxy) is 6. The van der Waals surface area contributed by atoms with Gasteiger partial charge in [0, 0.05) is 97.1 Å². The van der Waals surface area contributed by atoms with Crippen molar-refractivity contribution in [3.05, 3.63) is 322 Å². The molecular weight excluding hydrogens is 1880 g/mol. The van der Waals surface area contributed by atoms with Crippen LogP contribution in [0.2, 0.25) is 10.0 Å². The van der Waals surface area contributed by atoms with Crippen molar-refractivity contribution in [3.63, 3.8) is 0 Å². The van der Waals surface area contributed by atoms with Crippen molar-refractivity contribution in [1.29, 1.82) is 0 Å². The molecule has 18 aromatic rings. The minimum absolute atomic E-state index is 0. The number of pyridine rings is 12. The molecule has 0 atom stereocenters. The van der Waals surface area contributed by atoms with Gasteiger partial charge in [0.15, 0.2) is 111 Å². The summed E-state index contributed by atoms with van der Waals surface area (Å²) in [6.07, 6.45) is 10.4. The zero-order chi connectivity index (χ0) is 89.9. The van der Waals surface area contributed by atoms with E-state index in [0.29, 0.717) is 81.4 Å². The first-order chi connectivity index (χ1) is 60.8. The lowest BCUT2D eigenvalue weighted by atomic mass is 10.1. The number of nitrogens with zero attached hydrogens (tertiary/aromatic N) is 6. The molecule has 0 saturated carbocycles. The highest BCUT2D eigenvalue weighted by atomic mass is 35.5. The molecule has 684 valence electrons. The summed E-state index contributed by atoms with van der Waals surface area (Å²) in [5, 5.41) is 65.3. The monoisotopic (exact) mass is 1960 g/mol. The second-order valence-corrected chi connectivity index (χ2v) is 28.1. The summed E-state index contributed by atoms with van der Waals surface area (Å²) >= 11 is 12.4. The first-order valence-corrected chi connectivity index (χ1v) is 40.1. The first kappa shape index (κ1) is 105. The van der Waals surface area contributed by atoms with Gasteiger partial charge < -0.3 is 134 Å². The lowest BCUT2D eigenvalue weighted by Crippen LogP contribution is -3.00. The topological polar surface area (TPSA) is 304 Å². The third-order valence-corrected chi connectivity index (χ3v) is 20.5.